The first-order valence-electron chi connectivity index (χ1n) is 8.44. The smallest absolute Gasteiger partial charge is 0.0431 e. The van der Waals surface area contributed by atoms with E-state index in [0.717, 1.165) is 24.5 Å². The van der Waals surface area contributed by atoms with Gasteiger partial charge in [-0.2, -0.15) is 0 Å². The largest absolute Gasteiger partial charge is 0.396 e. The van der Waals surface area contributed by atoms with E-state index in [4.69, 9.17) is 5.11 Å². The lowest BCUT2D eigenvalue weighted by atomic mass is 9.97. The van der Waals surface area contributed by atoms with E-state index in [2.05, 4.69) is 17.1 Å². The Kier molecular flexibility index (Phi) is 6.62. The predicted octanol–water partition coefficient (Wildman–Crippen LogP) is 2.53. The Labute approximate surface area is 118 Å². The van der Waals surface area contributed by atoms with Gasteiger partial charge in [0.1, 0.15) is 0 Å². The van der Waals surface area contributed by atoms with Crippen LogP contribution in [0.2, 0.25) is 0 Å². The number of rotatable bonds is 9. The van der Waals surface area contributed by atoms with Gasteiger partial charge in [-0.15, -0.1) is 0 Å². The molecule has 2 N–H and O–H groups in total. The quantitative estimate of drug-likeness (QED) is 0.631. The van der Waals surface area contributed by atoms with Crippen molar-refractivity contribution in [1.29, 1.82) is 0 Å². The van der Waals surface area contributed by atoms with Gasteiger partial charge in [-0.25, -0.2) is 0 Å². The number of unbranched alkanes of at least 4 members (excludes halogenated alkanes) is 3. The van der Waals surface area contributed by atoms with Crippen LogP contribution in [0.25, 0.3) is 0 Å². The van der Waals surface area contributed by atoms with Gasteiger partial charge in [0.25, 0.3) is 0 Å². The topological polar surface area (TPSA) is 35.5 Å². The van der Waals surface area contributed by atoms with Crippen LogP contribution >= 0.6 is 0 Å². The van der Waals surface area contributed by atoms with Crippen LogP contribution in [-0.4, -0.2) is 47.8 Å². The highest BCUT2D eigenvalue weighted by atomic mass is 16.2. The molecular formula is C16H32N2O. The fraction of sp³-hybridized carbons (Fsp3) is 1.00. The summed E-state index contributed by atoms with van der Waals surface area (Å²) in [4.78, 5) is 2.76. The van der Waals surface area contributed by atoms with E-state index in [0.29, 0.717) is 6.61 Å². The third-order valence-electron chi connectivity index (χ3n) is 4.83. The zero-order chi connectivity index (χ0) is 13.5. The Morgan fingerprint density at radius 3 is 2.32 bits per heavy atom. The van der Waals surface area contributed by atoms with E-state index in [1.807, 2.05) is 0 Å². The Balaban J connectivity index is 1.72. The summed E-state index contributed by atoms with van der Waals surface area (Å²) in [5.74, 6) is 0. The van der Waals surface area contributed by atoms with Crippen LogP contribution in [0, 0.1) is 0 Å². The minimum absolute atomic E-state index is 0.357. The normalized spacial score (nSPS) is 30.2. The van der Waals surface area contributed by atoms with Crippen LogP contribution in [0.5, 0.6) is 0 Å². The lowest BCUT2D eigenvalue weighted by molar-refractivity contribution is 0.138. The van der Waals surface area contributed by atoms with Crippen LogP contribution in [-0.2, 0) is 0 Å². The van der Waals surface area contributed by atoms with Crippen molar-refractivity contribution in [2.75, 3.05) is 19.7 Å². The highest BCUT2D eigenvalue weighted by Gasteiger charge is 2.35. The number of aliphatic hydroxyl groups is 1. The molecule has 112 valence electrons. The number of piperidine rings is 1. The van der Waals surface area contributed by atoms with Crippen molar-refractivity contribution < 1.29 is 5.11 Å². The van der Waals surface area contributed by atoms with Gasteiger partial charge in [-0.3, -0.25) is 0 Å². The Morgan fingerprint density at radius 1 is 1.00 bits per heavy atom. The summed E-state index contributed by atoms with van der Waals surface area (Å²) >= 11 is 0. The molecule has 2 atom stereocenters. The van der Waals surface area contributed by atoms with Crippen molar-refractivity contribution in [3.63, 3.8) is 0 Å². The predicted molar refractivity (Wildman–Crippen MR) is 80.4 cm³/mol. The second-order valence-electron chi connectivity index (χ2n) is 6.44. The zero-order valence-corrected chi connectivity index (χ0v) is 12.6. The molecule has 0 aromatic carbocycles. The molecule has 3 heteroatoms. The van der Waals surface area contributed by atoms with E-state index < -0.39 is 0 Å². The molecule has 2 aliphatic heterocycles. The van der Waals surface area contributed by atoms with Crippen molar-refractivity contribution >= 4 is 0 Å². The van der Waals surface area contributed by atoms with Gasteiger partial charge in [0, 0.05) is 24.7 Å². The molecule has 2 rings (SSSR count). The number of fused-ring (bicyclic) bond motifs is 2. The van der Waals surface area contributed by atoms with E-state index >= 15 is 0 Å². The van der Waals surface area contributed by atoms with Crippen LogP contribution in [0.15, 0.2) is 0 Å². The first kappa shape index (κ1) is 15.3. The number of hydrogen-bond donors (Lipinski definition) is 2. The number of aliphatic hydroxyl groups excluding tert-OH is 1. The van der Waals surface area contributed by atoms with Gasteiger partial charge in [-0.05, 0) is 58.0 Å². The fourth-order valence-electron chi connectivity index (χ4n) is 3.87. The molecule has 2 unspecified atom stereocenters. The molecule has 0 aromatic rings. The first-order valence-corrected chi connectivity index (χ1v) is 8.44. The summed E-state index contributed by atoms with van der Waals surface area (Å²) < 4.78 is 0. The summed E-state index contributed by atoms with van der Waals surface area (Å²) in [6, 6.07) is 2.44. The highest BCUT2D eigenvalue weighted by Crippen LogP contribution is 2.30. The van der Waals surface area contributed by atoms with Gasteiger partial charge in [0.05, 0.1) is 0 Å². The van der Waals surface area contributed by atoms with Gasteiger partial charge in [0.15, 0.2) is 0 Å². The van der Waals surface area contributed by atoms with E-state index in [1.165, 1.54) is 64.5 Å². The summed E-state index contributed by atoms with van der Waals surface area (Å²) in [6.07, 6.45) is 11.6. The van der Waals surface area contributed by atoms with Crippen LogP contribution < -0.4 is 5.32 Å². The number of hydrogen-bond acceptors (Lipinski definition) is 3. The molecule has 2 saturated heterocycles. The maximum absolute atomic E-state index is 8.81. The maximum Gasteiger partial charge on any atom is 0.0431 e. The zero-order valence-electron chi connectivity index (χ0n) is 12.6. The standard InChI is InChI=1S/C16H32N2O/c1-2-9-18(10-5-3-4-6-11-19)16-12-14-7-8-15(13-16)17-14/h14-17,19H,2-13H2,1H3. The average Bonchev–Trinajstić information content (AvgIpc) is 2.76. The average molecular weight is 268 g/mol. The minimum Gasteiger partial charge on any atom is -0.396 e. The van der Waals surface area contributed by atoms with Crippen molar-refractivity contribution in [1.82, 2.24) is 10.2 Å². The molecule has 2 aliphatic rings. The van der Waals surface area contributed by atoms with Crippen molar-refractivity contribution in [2.45, 2.75) is 82.8 Å². The summed E-state index contributed by atoms with van der Waals surface area (Å²) in [5, 5.41) is 12.6. The SMILES string of the molecule is CCCN(CCCCCCO)C1CC2CCC(C1)N2. The van der Waals surface area contributed by atoms with E-state index in [1.54, 1.807) is 0 Å². The Bertz CT molecular complexity index is 235. The lowest BCUT2D eigenvalue weighted by Crippen LogP contribution is -2.48. The van der Waals surface area contributed by atoms with E-state index in [9.17, 15) is 0 Å². The second kappa shape index (κ2) is 8.23. The highest BCUT2D eigenvalue weighted by molar-refractivity contribution is 4.95. The second-order valence-corrected chi connectivity index (χ2v) is 6.44. The molecule has 2 fully saturated rings. The molecule has 2 bridgehead atoms. The van der Waals surface area contributed by atoms with Gasteiger partial charge in [-0.1, -0.05) is 19.8 Å². The van der Waals surface area contributed by atoms with Crippen molar-refractivity contribution in [2.24, 2.45) is 0 Å². The molecule has 0 spiro atoms. The summed E-state index contributed by atoms with van der Waals surface area (Å²) in [6.45, 7) is 5.19. The van der Waals surface area contributed by atoms with Crippen molar-refractivity contribution in [3.8, 4) is 0 Å². The van der Waals surface area contributed by atoms with Gasteiger partial charge >= 0.3 is 0 Å². The van der Waals surface area contributed by atoms with E-state index in [-0.39, 0.29) is 0 Å². The molecule has 19 heavy (non-hydrogen) atoms. The van der Waals surface area contributed by atoms with Gasteiger partial charge in [0.2, 0.25) is 0 Å². The molecular weight excluding hydrogens is 236 g/mol. The van der Waals surface area contributed by atoms with Gasteiger partial charge < -0.3 is 15.3 Å². The van der Waals surface area contributed by atoms with Crippen LogP contribution in [0.3, 0.4) is 0 Å². The number of nitrogens with one attached hydrogen (secondary N) is 1. The maximum atomic E-state index is 8.81. The molecule has 2 heterocycles. The monoisotopic (exact) mass is 268 g/mol. The fourth-order valence-corrected chi connectivity index (χ4v) is 3.87. The Morgan fingerprint density at radius 2 is 1.68 bits per heavy atom. The lowest BCUT2D eigenvalue weighted by Gasteiger charge is -2.37. The summed E-state index contributed by atoms with van der Waals surface area (Å²) in [5.41, 5.74) is 0. The van der Waals surface area contributed by atoms with Crippen molar-refractivity contribution in [3.05, 3.63) is 0 Å². The molecule has 0 saturated carbocycles. The molecule has 0 aromatic heterocycles. The third kappa shape index (κ3) is 4.73. The van der Waals surface area contributed by atoms with Crippen LogP contribution in [0.1, 0.15) is 64.7 Å². The molecule has 0 aliphatic carbocycles. The summed E-state index contributed by atoms with van der Waals surface area (Å²) in [7, 11) is 0. The Hall–Kier alpha value is -0.120. The first-order chi connectivity index (χ1) is 9.33. The number of nitrogens with zero attached hydrogens (tertiary/aromatic N) is 1. The molecule has 0 radical (unpaired) electrons. The minimum atomic E-state index is 0.357. The molecule has 3 nitrogen and oxygen atoms in total. The van der Waals surface area contributed by atoms with Crippen LogP contribution in [0.4, 0.5) is 0 Å². The molecule has 0 amide bonds. The third-order valence-corrected chi connectivity index (χ3v) is 4.83.